The second kappa shape index (κ2) is 7.92. The lowest BCUT2D eigenvalue weighted by Gasteiger charge is -2.36. The van der Waals surface area contributed by atoms with Crippen molar-refractivity contribution in [2.75, 3.05) is 11.9 Å². The zero-order chi connectivity index (χ0) is 20.3. The number of carbonyl (C=O) groups excluding carboxylic acids is 2. The Morgan fingerprint density at radius 1 is 1.14 bits per heavy atom. The lowest BCUT2D eigenvalue weighted by atomic mass is 9.90. The highest BCUT2D eigenvalue weighted by Crippen LogP contribution is 2.32. The number of hydrogen-bond acceptors (Lipinski definition) is 3. The lowest BCUT2D eigenvalue weighted by Crippen LogP contribution is -2.40. The first-order valence-corrected chi connectivity index (χ1v) is 8.73. The number of amides is 2. The summed E-state index contributed by atoms with van der Waals surface area (Å²) in [5.41, 5.74) is 2.39. The van der Waals surface area contributed by atoms with E-state index in [1.807, 2.05) is 24.3 Å². The number of fused-ring (bicyclic) bond motifs is 1. The molecule has 8 heteroatoms. The Morgan fingerprint density at radius 3 is 2.46 bits per heavy atom. The van der Waals surface area contributed by atoms with Crippen molar-refractivity contribution < 1.29 is 27.5 Å². The summed E-state index contributed by atoms with van der Waals surface area (Å²) in [6.07, 6.45) is -3.98. The molecule has 0 aliphatic carbocycles. The molecule has 5 nitrogen and oxygen atoms in total. The third-order valence-electron chi connectivity index (χ3n) is 4.57. The first-order chi connectivity index (χ1) is 13.2. The molecule has 2 aromatic rings. The third-order valence-corrected chi connectivity index (χ3v) is 4.57. The third kappa shape index (κ3) is 4.82. The van der Waals surface area contributed by atoms with Crippen LogP contribution in [0.5, 0.6) is 5.75 Å². The minimum Gasteiger partial charge on any atom is -0.406 e. The Balaban J connectivity index is 1.70. The fourth-order valence-electron chi connectivity index (χ4n) is 3.38. The minimum absolute atomic E-state index is 0.0530. The monoisotopic (exact) mass is 392 g/mol. The first kappa shape index (κ1) is 19.7. The highest BCUT2D eigenvalue weighted by molar-refractivity contribution is 5.91. The summed E-state index contributed by atoms with van der Waals surface area (Å²) in [5, 5.41) is 2.66. The molecule has 28 heavy (non-hydrogen) atoms. The predicted octanol–water partition coefficient (Wildman–Crippen LogP) is 4.06. The van der Waals surface area contributed by atoms with Crippen LogP contribution in [0.15, 0.2) is 48.5 Å². The predicted molar refractivity (Wildman–Crippen MR) is 96.6 cm³/mol. The van der Waals surface area contributed by atoms with Crippen LogP contribution in [0.3, 0.4) is 0 Å². The van der Waals surface area contributed by atoms with Gasteiger partial charge in [0.25, 0.3) is 0 Å². The molecule has 0 saturated heterocycles. The number of alkyl halides is 3. The number of ether oxygens (including phenoxy) is 1. The Kier molecular flexibility index (Phi) is 5.58. The maximum Gasteiger partial charge on any atom is 0.573 e. The van der Waals surface area contributed by atoms with Gasteiger partial charge in [0, 0.05) is 19.2 Å². The SMILES string of the molecule is CC(=O)N1CCc2ccccc2C1CC(=O)Nc1ccc(OC(F)(F)F)cc1. The number of hydrogen-bond donors (Lipinski definition) is 1. The van der Waals surface area contributed by atoms with E-state index in [4.69, 9.17) is 0 Å². The van der Waals surface area contributed by atoms with Crippen molar-refractivity contribution in [3.8, 4) is 5.75 Å². The fraction of sp³-hybridized carbons (Fsp3) is 0.300. The summed E-state index contributed by atoms with van der Waals surface area (Å²) >= 11 is 0. The normalized spacial score (nSPS) is 16.3. The highest BCUT2D eigenvalue weighted by atomic mass is 19.4. The van der Waals surface area contributed by atoms with Gasteiger partial charge >= 0.3 is 6.36 Å². The van der Waals surface area contributed by atoms with Crippen LogP contribution in [0.4, 0.5) is 18.9 Å². The van der Waals surface area contributed by atoms with Crippen molar-refractivity contribution in [3.05, 3.63) is 59.7 Å². The molecule has 0 aromatic heterocycles. The van der Waals surface area contributed by atoms with Gasteiger partial charge in [0.05, 0.1) is 12.5 Å². The van der Waals surface area contributed by atoms with Crippen LogP contribution < -0.4 is 10.1 Å². The van der Waals surface area contributed by atoms with Crippen LogP contribution in [0.1, 0.15) is 30.5 Å². The molecule has 0 saturated carbocycles. The smallest absolute Gasteiger partial charge is 0.406 e. The van der Waals surface area contributed by atoms with Gasteiger partial charge in [0.15, 0.2) is 0 Å². The van der Waals surface area contributed by atoms with Crippen LogP contribution in [0.2, 0.25) is 0 Å². The Hall–Kier alpha value is -3.03. The number of nitrogens with zero attached hydrogens (tertiary/aromatic N) is 1. The van der Waals surface area contributed by atoms with Gasteiger partial charge in [-0.15, -0.1) is 13.2 Å². The van der Waals surface area contributed by atoms with Crippen LogP contribution in [-0.2, 0) is 16.0 Å². The number of nitrogens with one attached hydrogen (secondary N) is 1. The molecule has 3 rings (SSSR count). The Labute approximate surface area is 160 Å². The molecule has 148 valence electrons. The molecule has 1 unspecified atom stereocenters. The molecule has 0 bridgehead atoms. The average molecular weight is 392 g/mol. The van der Waals surface area contributed by atoms with Crippen molar-refractivity contribution in [1.29, 1.82) is 0 Å². The molecule has 1 aliphatic rings. The maximum atomic E-state index is 12.5. The summed E-state index contributed by atoms with van der Waals surface area (Å²) in [7, 11) is 0. The van der Waals surface area contributed by atoms with E-state index in [2.05, 4.69) is 10.1 Å². The zero-order valence-corrected chi connectivity index (χ0v) is 15.1. The van der Waals surface area contributed by atoms with Crippen molar-refractivity contribution >= 4 is 17.5 Å². The van der Waals surface area contributed by atoms with Gasteiger partial charge in [-0.1, -0.05) is 24.3 Å². The van der Waals surface area contributed by atoms with E-state index in [1.54, 1.807) is 4.90 Å². The quantitative estimate of drug-likeness (QED) is 0.854. The minimum atomic E-state index is -4.77. The largest absolute Gasteiger partial charge is 0.573 e. The van der Waals surface area contributed by atoms with E-state index in [9.17, 15) is 22.8 Å². The van der Waals surface area contributed by atoms with E-state index >= 15 is 0 Å². The Bertz CT molecular complexity index is 866. The number of rotatable bonds is 4. The van der Waals surface area contributed by atoms with Crippen LogP contribution in [-0.4, -0.2) is 29.6 Å². The van der Waals surface area contributed by atoms with Gasteiger partial charge in [-0.3, -0.25) is 9.59 Å². The van der Waals surface area contributed by atoms with Crippen molar-refractivity contribution in [1.82, 2.24) is 4.90 Å². The van der Waals surface area contributed by atoms with E-state index in [0.29, 0.717) is 12.2 Å². The average Bonchev–Trinajstić information content (AvgIpc) is 2.62. The summed E-state index contributed by atoms with van der Waals surface area (Å²) < 4.78 is 40.4. The van der Waals surface area contributed by atoms with Gasteiger partial charge in [0.1, 0.15) is 5.75 Å². The molecule has 1 aliphatic heterocycles. The summed E-state index contributed by atoms with van der Waals surface area (Å²) in [6, 6.07) is 12.2. The fourth-order valence-corrected chi connectivity index (χ4v) is 3.38. The molecule has 0 spiro atoms. The van der Waals surface area contributed by atoms with E-state index < -0.39 is 6.36 Å². The number of halogens is 3. The van der Waals surface area contributed by atoms with Gasteiger partial charge in [-0.25, -0.2) is 0 Å². The molecular weight excluding hydrogens is 373 g/mol. The zero-order valence-electron chi connectivity index (χ0n) is 15.1. The first-order valence-electron chi connectivity index (χ1n) is 8.73. The molecular formula is C20H19F3N2O3. The number of anilines is 1. The second-order valence-electron chi connectivity index (χ2n) is 6.50. The second-order valence-corrected chi connectivity index (χ2v) is 6.50. The van der Waals surface area contributed by atoms with E-state index in [-0.39, 0.29) is 30.0 Å². The van der Waals surface area contributed by atoms with E-state index in [0.717, 1.165) is 29.7 Å². The molecule has 0 radical (unpaired) electrons. The molecule has 1 heterocycles. The molecule has 2 aromatic carbocycles. The van der Waals surface area contributed by atoms with Gasteiger partial charge in [0.2, 0.25) is 11.8 Å². The molecule has 1 atom stereocenters. The lowest BCUT2D eigenvalue weighted by molar-refractivity contribution is -0.274. The summed E-state index contributed by atoms with van der Waals surface area (Å²) in [5.74, 6) is -0.812. The maximum absolute atomic E-state index is 12.5. The number of benzene rings is 2. The highest BCUT2D eigenvalue weighted by Gasteiger charge is 2.32. The summed E-state index contributed by atoms with van der Waals surface area (Å²) in [4.78, 5) is 26.2. The van der Waals surface area contributed by atoms with Crippen molar-refractivity contribution in [2.45, 2.75) is 32.2 Å². The van der Waals surface area contributed by atoms with E-state index in [1.165, 1.54) is 19.1 Å². The molecule has 1 N–H and O–H groups in total. The van der Waals surface area contributed by atoms with Gasteiger partial charge < -0.3 is 15.0 Å². The summed E-state index contributed by atoms with van der Waals surface area (Å²) in [6.45, 7) is 2.01. The van der Waals surface area contributed by atoms with Crippen LogP contribution in [0, 0.1) is 0 Å². The molecule has 0 fully saturated rings. The van der Waals surface area contributed by atoms with Gasteiger partial charge in [-0.2, -0.15) is 0 Å². The molecule has 2 amide bonds. The van der Waals surface area contributed by atoms with Crippen molar-refractivity contribution in [3.63, 3.8) is 0 Å². The number of carbonyl (C=O) groups is 2. The van der Waals surface area contributed by atoms with Crippen LogP contribution in [0.25, 0.3) is 0 Å². The van der Waals surface area contributed by atoms with Gasteiger partial charge in [-0.05, 0) is 41.8 Å². The van der Waals surface area contributed by atoms with Crippen LogP contribution >= 0.6 is 0 Å². The topological polar surface area (TPSA) is 58.6 Å². The standard InChI is InChI=1S/C20H19F3N2O3/c1-13(26)25-11-10-14-4-2-3-5-17(14)18(25)12-19(27)24-15-6-8-16(9-7-15)28-20(21,22)23/h2-9,18H,10-12H2,1H3,(H,24,27). The van der Waals surface area contributed by atoms with Crippen molar-refractivity contribution in [2.24, 2.45) is 0 Å². The Morgan fingerprint density at radius 2 is 1.82 bits per heavy atom.